The van der Waals surface area contributed by atoms with E-state index in [1.54, 1.807) is 78.9 Å². The summed E-state index contributed by atoms with van der Waals surface area (Å²) in [5.74, 6) is -1.56. The van der Waals surface area contributed by atoms with Crippen LogP contribution in [-0.2, 0) is 9.59 Å². The number of amides is 3. The normalized spacial score (nSPS) is 11.8. The quantitative estimate of drug-likeness (QED) is 0.133. The fourth-order valence-corrected chi connectivity index (χ4v) is 5.01. The molecule has 9 heteroatoms. The molecule has 4 rings (SSSR count). The molecule has 0 aliphatic heterocycles. The van der Waals surface area contributed by atoms with Gasteiger partial charge >= 0.3 is 0 Å². The van der Waals surface area contributed by atoms with Crippen molar-refractivity contribution in [3.8, 4) is 0 Å². The van der Waals surface area contributed by atoms with E-state index in [1.165, 1.54) is 36.0 Å². The Morgan fingerprint density at radius 1 is 0.854 bits per heavy atom. The van der Waals surface area contributed by atoms with Crippen LogP contribution in [0.15, 0.2) is 114 Å². The second-order valence-electron chi connectivity index (χ2n) is 8.93. The Bertz CT molecular complexity index is 1560. The number of carbonyl (C=O) groups excluding carboxylic acids is 3. The number of anilines is 2. The molecule has 208 valence electrons. The lowest BCUT2D eigenvalue weighted by Gasteiger charge is -2.16. The summed E-state index contributed by atoms with van der Waals surface area (Å²) in [6.07, 6.45) is 2.10. The van der Waals surface area contributed by atoms with Crippen LogP contribution in [-0.4, -0.2) is 23.0 Å². The number of thioether (sulfide) groups is 1. The van der Waals surface area contributed by atoms with E-state index in [4.69, 9.17) is 11.6 Å². The Balaban J connectivity index is 1.49. The van der Waals surface area contributed by atoms with Crippen molar-refractivity contribution < 1.29 is 18.8 Å². The molecular formula is C32H27ClFN3O3S. The molecule has 0 bridgehead atoms. The second kappa shape index (κ2) is 14.3. The van der Waals surface area contributed by atoms with Gasteiger partial charge in [0.25, 0.3) is 11.8 Å². The number of halogens is 2. The van der Waals surface area contributed by atoms with Crippen molar-refractivity contribution in [3.63, 3.8) is 0 Å². The first kappa shape index (κ1) is 29.6. The minimum absolute atomic E-state index is 0.0317. The van der Waals surface area contributed by atoms with E-state index in [9.17, 15) is 18.8 Å². The van der Waals surface area contributed by atoms with Gasteiger partial charge in [0.15, 0.2) is 0 Å². The third kappa shape index (κ3) is 8.79. The van der Waals surface area contributed by atoms with E-state index >= 15 is 0 Å². The summed E-state index contributed by atoms with van der Waals surface area (Å²) in [4.78, 5) is 39.9. The van der Waals surface area contributed by atoms with Crippen molar-refractivity contribution in [1.82, 2.24) is 5.32 Å². The lowest BCUT2D eigenvalue weighted by atomic mass is 10.1. The van der Waals surface area contributed by atoms with Crippen LogP contribution < -0.4 is 16.0 Å². The molecule has 0 aromatic heterocycles. The minimum Gasteiger partial charge on any atom is -0.325 e. The largest absolute Gasteiger partial charge is 0.325 e. The lowest BCUT2D eigenvalue weighted by Crippen LogP contribution is -2.30. The fourth-order valence-electron chi connectivity index (χ4n) is 3.79. The molecule has 0 heterocycles. The van der Waals surface area contributed by atoms with Gasteiger partial charge in [-0.2, -0.15) is 0 Å². The Morgan fingerprint density at radius 2 is 1.59 bits per heavy atom. The van der Waals surface area contributed by atoms with E-state index in [-0.39, 0.29) is 17.4 Å². The van der Waals surface area contributed by atoms with Crippen LogP contribution in [0.1, 0.15) is 29.3 Å². The van der Waals surface area contributed by atoms with Crippen molar-refractivity contribution in [2.45, 2.75) is 23.5 Å². The van der Waals surface area contributed by atoms with Gasteiger partial charge in [-0.15, -0.1) is 11.8 Å². The van der Waals surface area contributed by atoms with Crippen LogP contribution in [0, 0.1) is 5.82 Å². The first-order chi connectivity index (χ1) is 19.8. The highest BCUT2D eigenvalue weighted by molar-refractivity contribution is 8.00. The maximum Gasteiger partial charge on any atom is 0.272 e. The first-order valence-corrected chi connectivity index (χ1v) is 14.0. The van der Waals surface area contributed by atoms with E-state index in [0.717, 1.165) is 4.90 Å². The molecule has 0 saturated heterocycles. The maximum atomic E-state index is 13.4. The van der Waals surface area contributed by atoms with Crippen molar-refractivity contribution >= 4 is 58.5 Å². The van der Waals surface area contributed by atoms with Crippen LogP contribution in [0.4, 0.5) is 15.8 Å². The van der Waals surface area contributed by atoms with E-state index in [0.29, 0.717) is 33.9 Å². The molecule has 6 nitrogen and oxygen atoms in total. The summed E-state index contributed by atoms with van der Waals surface area (Å²) >= 11 is 7.47. The molecule has 41 heavy (non-hydrogen) atoms. The van der Waals surface area contributed by atoms with Crippen LogP contribution in [0.25, 0.3) is 6.08 Å². The van der Waals surface area contributed by atoms with Crippen molar-refractivity contribution in [3.05, 3.63) is 131 Å². The standard InChI is InChI=1S/C32H27ClFN3O3S/c1-2-29(32(40)35-25-16-14-24(34)15-17-25)41-27-13-7-12-26(20-27)36-31(39)28(19-21-8-6-11-23(33)18-21)37-30(38)22-9-4-3-5-10-22/h3-20,29H,2H2,1H3,(H,35,40)(H,36,39)(H,37,38)/b28-19-. The van der Waals surface area contributed by atoms with Crippen molar-refractivity contribution in [2.24, 2.45) is 0 Å². The fraction of sp³-hybridized carbons (Fsp3) is 0.0938. The van der Waals surface area contributed by atoms with Gasteiger partial charge in [-0.05, 0) is 84.8 Å². The molecule has 3 N–H and O–H groups in total. The Kier molecular flexibility index (Phi) is 10.3. The lowest BCUT2D eigenvalue weighted by molar-refractivity contribution is -0.116. The molecule has 0 aliphatic carbocycles. The molecule has 1 unspecified atom stereocenters. The van der Waals surface area contributed by atoms with Crippen LogP contribution in [0.5, 0.6) is 0 Å². The summed E-state index contributed by atoms with van der Waals surface area (Å²) in [6, 6.07) is 28.2. The van der Waals surface area contributed by atoms with E-state index in [1.807, 2.05) is 13.0 Å². The number of carbonyl (C=O) groups is 3. The predicted molar refractivity (Wildman–Crippen MR) is 163 cm³/mol. The van der Waals surface area contributed by atoms with Gasteiger partial charge in [0.05, 0.1) is 5.25 Å². The Hall–Kier alpha value is -4.40. The zero-order chi connectivity index (χ0) is 29.2. The van der Waals surface area contributed by atoms with E-state index in [2.05, 4.69) is 16.0 Å². The highest BCUT2D eigenvalue weighted by Gasteiger charge is 2.19. The summed E-state index contributed by atoms with van der Waals surface area (Å²) in [5.41, 5.74) is 2.07. The molecular weight excluding hydrogens is 561 g/mol. The van der Waals surface area contributed by atoms with Crippen molar-refractivity contribution in [1.29, 1.82) is 0 Å². The molecule has 3 amide bonds. The van der Waals surface area contributed by atoms with Gasteiger partial charge in [0, 0.05) is 26.9 Å². The van der Waals surface area contributed by atoms with Gasteiger partial charge in [0.2, 0.25) is 5.91 Å². The third-order valence-electron chi connectivity index (χ3n) is 5.83. The molecule has 0 spiro atoms. The summed E-state index contributed by atoms with van der Waals surface area (Å²) in [7, 11) is 0. The average molecular weight is 588 g/mol. The van der Waals surface area contributed by atoms with Gasteiger partial charge < -0.3 is 16.0 Å². The van der Waals surface area contributed by atoms with Crippen molar-refractivity contribution in [2.75, 3.05) is 10.6 Å². The van der Waals surface area contributed by atoms with Crippen LogP contribution in [0.3, 0.4) is 0 Å². The first-order valence-electron chi connectivity index (χ1n) is 12.8. The average Bonchev–Trinajstić information content (AvgIpc) is 2.97. The topological polar surface area (TPSA) is 87.3 Å². The molecule has 0 saturated carbocycles. The van der Waals surface area contributed by atoms with Crippen LogP contribution in [0.2, 0.25) is 5.02 Å². The maximum absolute atomic E-state index is 13.4. The Labute approximate surface area is 247 Å². The smallest absolute Gasteiger partial charge is 0.272 e. The van der Waals surface area contributed by atoms with Crippen LogP contribution >= 0.6 is 23.4 Å². The third-order valence-corrected chi connectivity index (χ3v) is 7.43. The number of rotatable bonds is 10. The highest BCUT2D eigenvalue weighted by Crippen LogP contribution is 2.29. The molecule has 4 aromatic rings. The molecule has 0 fully saturated rings. The highest BCUT2D eigenvalue weighted by atomic mass is 35.5. The van der Waals surface area contributed by atoms with Gasteiger partial charge in [-0.3, -0.25) is 14.4 Å². The zero-order valence-electron chi connectivity index (χ0n) is 22.1. The van der Waals surface area contributed by atoms with Gasteiger partial charge in [-0.1, -0.05) is 54.9 Å². The molecule has 4 aromatic carbocycles. The number of hydrogen-bond donors (Lipinski definition) is 3. The number of benzene rings is 4. The monoisotopic (exact) mass is 587 g/mol. The zero-order valence-corrected chi connectivity index (χ0v) is 23.6. The molecule has 0 aliphatic rings. The van der Waals surface area contributed by atoms with Gasteiger partial charge in [0.1, 0.15) is 11.5 Å². The number of hydrogen-bond acceptors (Lipinski definition) is 4. The molecule has 1 atom stereocenters. The summed E-state index contributed by atoms with van der Waals surface area (Å²) in [5, 5.41) is 8.42. The number of nitrogens with one attached hydrogen (secondary N) is 3. The summed E-state index contributed by atoms with van der Waals surface area (Å²) < 4.78 is 13.2. The predicted octanol–water partition coefficient (Wildman–Crippen LogP) is 7.40. The Morgan fingerprint density at radius 3 is 2.29 bits per heavy atom. The minimum atomic E-state index is -0.530. The molecule has 0 radical (unpaired) electrons. The van der Waals surface area contributed by atoms with E-state index < -0.39 is 17.1 Å². The SMILES string of the molecule is CCC(Sc1cccc(NC(=O)/C(=C/c2cccc(Cl)c2)NC(=O)c2ccccc2)c1)C(=O)Nc1ccc(F)cc1. The summed E-state index contributed by atoms with van der Waals surface area (Å²) in [6.45, 7) is 1.90. The van der Waals surface area contributed by atoms with Gasteiger partial charge in [-0.25, -0.2) is 4.39 Å². The second-order valence-corrected chi connectivity index (χ2v) is 10.6.